The van der Waals surface area contributed by atoms with Crippen molar-refractivity contribution in [2.75, 3.05) is 13.2 Å². The van der Waals surface area contributed by atoms with Crippen molar-refractivity contribution < 1.29 is 9.90 Å². The molecule has 3 nitrogen and oxygen atoms in total. The Morgan fingerprint density at radius 3 is 2.61 bits per heavy atom. The Labute approximate surface area is 109 Å². The highest BCUT2D eigenvalue weighted by molar-refractivity contribution is 5.76. The molecule has 0 radical (unpaired) electrons. The van der Waals surface area contributed by atoms with Gasteiger partial charge in [-0.1, -0.05) is 36.8 Å². The van der Waals surface area contributed by atoms with E-state index in [4.69, 9.17) is 5.11 Å². The van der Waals surface area contributed by atoms with Crippen molar-refractivity contribution in [1.82, 2.24) is 5.32 Å². The Hall–Kier alpha value is -1.35. The summed E-state index contributed by atoms with van der Waals surface area (Å²) in [7, 11) is 0. The Kier molecular flexibility index (Phi) is 6.44. The van der Waals surface area contributed by atoms with Gasteiger partial charge in [0.25, 0.3) is 0 Å². The number of benzene rings is 1. The summed E-state index contributed by atoms with van der Waals surface area (Å²) in [5.74, 6) is 0.415. The lowest BCUT2D eigenvalue weighted by molar-refractivity contribution is -0.121. The average Bonchev–Trinajstić information content (AvgIpc) is 2.36. The van der Waals surface area contributed by atoms with Crippen molar-refractivity contribution >= 4 is 5.91 Å². The smallest absolute Gasteiger partial charge is 0.220 e. The normalized spacial score (nSPS) is 12.2. The Bertz CT molecular complexity index is 359. The van der Waals surface area contributed by atoms with Gasteiger partial charge < -0.3 is 10.4 Å². The molecule has 0 aliphatic heterocycles. The SMILES string of the molecule is Cc1ccc(CCC(=O)NCC(C)CCO)cc1. The third-order valence-electron chi connectivity index (χ3n) is 3.03. The number of nitrogens with one attached hydrogen (secondary N) is 1. The summed E-state index contributed by atoms with van der Waals surface area (Å²) < 4.78 is 0. The highest BCUT2D eigenvalue weighted by Crippen LogP contribution is 2.06. The zero-order valence-corrected chi connectivity index (χ0v) is 11.3. The number of carbonyl (C=O) groups excluding carboxylic acids is 1. The van der Waals surface area contributed by atoms with E-state index in [1.165, 1.54) is 11.1 Å². The van der Waals surface area contributed by atoms with Crippen molar-refractivity contribution in [3.05, 3.63) is 35.4 Å². The minimum absolute atomic E-state index is 0.0837. The van der Waals surface area contributed by atoms with Crippen LogP contribution in [0.5, 0.6) is 0 Å². The van der Waals surface area contributed by atoms with Gasteiger partial charge in [0.05, 0.1) is 0 Å². The lowest BCUT2D eigenvalue weighted by Crippen LogP contribution is -2.28. The molecule has 1 rings (SSSR count). The molecule has 0 aliphatic carbocycles. The standard InChI is InChI=1S/C15H23NO2/c1-12-3-5-14(6-4-12)7-8-15(18)16-11-13(2)9-10-17/h3-6,13,17H,7-11H2,1-2H3,(H,16,18). The molecule has 0 spiro atoms. The molecule has 1 aromatic carbocycles. The molecule has 1 aromatic rings. The van der Waals surface area contributed by atoms with Crippen molar-refractivity contribution in [2.45, 2.75) is 33.1 Å². The van der Waals surface area contributed by atoms with E-state index < -0.39 is 0 Å². The van der Waals surface area contributed by atoms with Crippen molar-refractivity contribution in [3.63, 3.8) is 0 Å². The largest absolute Gasteiger partial charge is 0.396 e. The fourth-order valence-electron chi connectivity index (χ4n) is 1.71. The molecule has 0 bridgehead atoms. The van der Waals surface area contributed by atoms with Crippen molar-refractivity contribution in [1.29, 1.82) is 0 Å². The van der Waals surface area contributed by atoms with E-state index in [0.717, 1.165) is 12.8 Å². The van der Waals surface area contributed by atoms with Crippen molar-refractivity contribution in [3.8, 4) is 0 Å². The van der Waals surface area contributed by atoms with Crippen molar-refractivity contribution in [2.24, 2.45) is 5.92 Å². The van der Waals surface area contributed by atoms with Gasteiger partial charge >= 0.3 is 0 Å². The van der Waals surface area contributed by atoms with E-state index >= 15 is 0 Å². The second-order valence-electron chi connectivity index (χ2n) is 4.91. The van der Waals surface area contributed by atoms with Gasteiger partial charge in [-0.15, -0.1) is 0 Å². The highest BCUT2D eigenvalue weighted by Gasteiger charge is 2.05. The van der Waals surface area contributed by atoms with Crippen LogP contribution in [0.1, 0.15) is 30.9 Å². The first-order chi connectivity index (χ1) is 8.61. The molecule has 2 N–H and O–H groups in total. The van der Waals surface area contributed by atoms with E-state index in [9.17, 15) is 4.79 Å². The summed E-state index contributed by atoms with van der Waals surface area (Å²) in [6.45, 7) is 4.91. The lowest BCUT2D eigenvalue weighted by Gasteiger charge is -2.11. The van der Waals surface area contributed by atoms with Crippen LogP contribution in [0.2, 0.25) is 0 Å². The van der Waals surface area contributed by atoms with Gasteiger partial charge in [0.1, 0.15) is 0 Å². The van der Waals surface area contributed by atoms with Gasteiger partial charge in [-0.2, -0.15) is 0 Å². The fourth-order valence-corrected chi connectivity index (χ4v) is 1.71. The van der Waals surface area contributed by atoms with E-state index in [-0.39, 0.29) is 12.5 Å². The number of carbonyl (C=O) groups is 1. The summed E-state index contributed by atoms with van der Waals surface area (Å²) in [5, 5.41) is 11.7. The molecule has 1 amide bonds. The number of aryl methyl sites for hydroxylation is 2. The first-order valence-electron chi connectivity index (χ1n) is 6.55. The second kappa shape index (κ2) is 7.88. The van der Waals surface area contributed by atoms with Crippen LogP contribution in [0.3, 0.4) is 0 Å². The molecular formula is C15H23NO2. The molecule has 0 saturated heterocycles. The van der Waals surface area contributed by atoms with Gasteiger partial charge in [-0.3, -0.25) is 4.79 Å². The first kappa shape index (κ1) is 14.7. The van der Waals surface area contributed by atoms with Crippen LogP contribution in [0.4, 0.5) is 0 Å². The molecule has 0 heterocycles. The molecule has 0 saturated carbocycles. The molecular weight excluding hydrogens is 226 g/mol. The van der Waals surface area contributed by atoms with E-state index in [1.807, 2.05) is 6.92 Å². The Balaban J connectivity index is 2.22. The van der Waals surface area contributed by atoms with Gasteiger partial charge in [0, 0.05) is 19.6 Å². The number of amides is 1. The lowest BCUT2D eigenvalue weighted by atomic mass is 10.1. The van der Waals surface area contributed by atoms with Crippen LogP contribution in [0, 0.1) is 12.8 Å². The molecule has 100 valence electrons. The van der Waals surface area contributed by atoms with Crippen LogP contribution in [-0.2, 0) is 11.2 Å². The van der Waals surface area contributed by atoms with Gasteiger partial charge in [-0.05, 0) is 31.2 Å². The first-order valence-corrected chi connectivity index (χ1v) is 6.55. The summed E-state index contributed by atoms with van der Waals surface area (Å²) in [6, 6.07) is 8.26. The molecule has 0 fully saturated rings. The zero-order valence-electron chi connectivity index (χ0n) is 11.3. The van der Waals surface area contributed by atoms with E-state index in [2.05, 4.69) is 36.5 Å². The topological polar surface area (TPSA) is 49.3 Å². The highest BCUT2D eigenvalue weighted by atomic mass is 16.3. The van der Waals surface area contributed by atoms with Gasteiger partial charge in [-0.25, -0.2) is 0 Å². The maximum atomic E-state index is 11.6. The number of hydrogen-bond acceptors (Lipinski definition) is 2. The number of hydrogen-bond donors (Lipinski definition) is 2. The predicted molar refractivity (Wildman–Crippen MR) is 73.4 cm³/mol. The van der Waals surface area contributed by atoms with Gasteiger partial charge in [0.15, 0.2) is 0 Å². The number of aliphatic hydroxyl groups is 1. The monoisotopic (exact) mass is 249 g/mol. The summed E-state index contributed by atoms with van der Waals surface area (Å²) in [5.41, 5.74) is 2.43. The average molecular weight is 249 g/mol. The molecule has 0 aliphatic rings. The van der Waals surface area contributed by atoms with Crippen LogP contribution in [0.25, 0.3) is 0 Å². The predicted octanol–water partition coefficient (Wildman–Crippen LogP) is 2.06. The molecule has 1 atom stereocenters. The molecule has 0 aromatic heterocycles. The van der Waals surface area contributed by atoms with Crippen LogP contribution in [-0.4, -0.2) is 24.2 Å². The third kappa shape index (κ3) is 5.82. The quantitative estimate of drug-likeness (QED) is 0.777. The number of aliphatic hydroxyl groups excluding tert-OH is 1. The van der Waals surface area contributed by atoms with E-state index in [1.54, 1.807) is 0 Å². The number of rotatable bonds is 7. The van der Waals surface area contributed by atoms with Crippen LogP contribution in [0.15, 0.2) is 24.3 Å². The minimum atomic E-state index is 0.0837. The van der Waals surface area contributed by atoms with Gasteiger partial charge in [0.2, 0.25) is 5.91 Å². The molecule has 1 unspecified atom stereocenters. The summed E-state index contributed by atoms with van der Waals surface area (Å²) >= 11 is 0. The zero-order chi connectivity index (χ0) is 13.4. The summed E-state index contributed by atoms with van der Waals surface area (Å²) in [6.07, 6.45) is 2.04. The maximum Gasteiger partial charge on any atom is 0.220 e. The Morgan fingerprint density at radius 2 is 2.00 bits per heavy atom. The van der Waals surface area contributed by atoms with Crippen LogP contribution < -0.4 is 5.32 Å². The molecule has 18 heavy (non-hydrogen) atoms. The fraction of sp³-hybridized carbons (Fsp3) is 0.533. The van der Waals surface area contributed by atoms with Crippen LogP contribution >= 0.6 is 0 Å². The second-order valence-corrected chi connectivity index (χ2v) is 4.91. The Morgan fingerprint density at radius 1 is 1.33 bits per heavy atom. The molecule has 3 heteroatoms. The summed E-state index contributed by atoms with van der Waals surface area (Å²) in [4.78, 5) is 11.6. The maximum absolute atomic E-state index is 11.6. The minimum Gasteiger partial charge on any atom is -0.396 e. The van der Waals surface area contributed by atoms with E-state index in [0.29, 0.717) is 18.9 Å². The third-order valence-corrected chi connectivity index (χ3v) is 3.03.